The highest BCUT2D eigenvalue weighted by atomic mass is 16.2. The SMILES string of the molecule is Cc1ccc(C(=O)N2CCN(C(=O)c3ccc(C)c(C)c3)C2C(=O)NCCN)cc1. The second kappa shape index (κ2) is 9.09. The number of nitrogens with two attached hydrogens (primary N) is 1. The smallest absolute Gasteiger partial charge is 0.263 e. The van der Waals surface area contributed by atoms with Crippen LogP contribution in [0.4, 0.5) is 0 Å². The van der Waals surface area contributed by atoms with Gasteiger partial charge in [-0.15, -0.1) is 0 Å². The molecule has 2 aromatic carbocycles. The molecule has 3 rings (SSSR count). The zero-order chi connectivity index (χ0) is 21.8. The summed E-state index contributed by atoms with van der Waals surface area (Å²) in [5.74, 6) is -0.959. The Morgan fingerprint density at radius 2 is 1.47 bits per heavy atom. The molecule has 0 bridgehead atoms. The lowest BCUT2D eigenvalue weighted by Crippen LogP contribution is -2.54. The van der Waals surface area contributed by atoms with E-state index in [1.54, 1.807) is 18.2 Å². The van der Waals surface area contributed by atoms with Gasteiger partial charge in [0.2, 0.25) is 0 Å². The van der Waals surface area contributed by atoms with Gasteiger partial charge >= 0.3 is 0 Å². The second-order valence-electron chi connectivity index (χ2n) is 7.62. The molecule has 7 heteroatoms. The molecule has 1 heterocycles. The van der Waals surface area contributed by atoms with E-state index in [9.17, 15) is 14.4 Å². The third kappa shape index (κ3) is 4.36. The van der Waals surface area contributed by atoms with E-state index in [0.717, 1.165) is 16.7 Å². The van der Waals surface area contributed by atoms with Crippen molar-refractivity contribution in [2.45, 2.75) is 26.9 Å². The molecule has 30 heavy (non-hydrogen) atoms. The van der Waals surface area contributed by atoms with Crippen LogP contribution in [0.15, 0.2) is 42.5 Å². The van der Waals surface area contributed by atoms with E-state index in [0.29, 0.717) is 11.1 Å². The first-order valence-corrected chi connectivity index (χ1v) is 10.1. The summed E-state index contributed by atoms with van der Waals surface area (Å²) in [6, 6.07) is 12.6. The minimum absolute atomic E-state index is 0.271. The Morgan fingerprint density at radius 1 is 0.900 bits per heavy atom. The van der Waals surface area contributed by atoms with Crippen LogP contribution in [0, 0.1) is 20.8 Å². The lowest BCUT2D eigenvalue weighted by molar-refractivity contribution is -0.128. The fraction of sp³-hybridized carbons (Fsp3) is 0.348. The maximum Gasteiger partial charge on any atom is 0.263 e. The van der Waals surface area contributed by atoms with Crippen molar-refractivity contribution in [1.29, 1.82) is 0 Å². The molecule has 158 valence electrons. The third-order valence-corrected chi connectivity index (χ3v) is 5.42. The number of aryl methyl sites for hydroxylation is 3. The summed E-state index contributed by atoms with van der Waals surface area (Å²) in [6.07, 6.45) is -1.01. The molecule has 0 aliphatic carbocycles. The van der Waals surface area contributed by atoms with Crippen LogP contribution in [0.1, 0.15) is 37.4 Å². The van der Waals surface area contributed by atoms with Crippen molar-refractivity contribution in [1.82, 2.24) is 15.1 Å². The van der Waals surface area contributed by atoms with Crippen LogP contribution in [0.3, 0.4) is 0 Å². The molecule has 0 spiro atoms. The van der Waals surface area contributed by atoms with Gasteiger partial charge in [0.1, 0.15) is 0 Å². The highest BCUT2D eigenvalue weighted by molar-refractivity contribution is 6.02. The van der Waals surface area contributed by atoms with Gasteiger partial charge in [0.15, 0.2) is 6.17 Å². The van der Waals surface area contributed by atoms with Crippen molar-refractivity contribution < 1.29 is 14.4 Å². The number of hydrogen-bond acceptors (Lipinski definition) is 4. The number of carbonyl (C=O) groups excluding carboxylic acids is 3. The van der Waals surface area contributed by atoms with Gasteiger partial charge in [0.25, 0.3) is 17.7 Å². The Kier molecular flexibility index (Phi) is 6.52. The molecule has 0 radical (unpaired) electrons. The summed E-state index contributed by atoms with van der Waals surface area (Å²) in [5, 5.41) is 2.72. The van der Waals surface area contributed by atoms with Crippen LogP contribution >= 0.6 is 0 Å². The molecule has 1 fully saturated rings. The lowest BCUT2D eigenvalue weighted by atomic mass is 10.1. The van der Waals surface area contributed by atoms with Gasteiger partial charge < -0.3 is 20.9 Å². The predicted molar refractivity (Wildman–Crippen MR) is 115 cm³/mol. The first kappa shape index (κ1) is 21.5. The number of nitrogens with one attached hydrogen (secondary N) is 1. The van der Waals surface area contributed by atoms with Crippen LogP contribution in [0.25, 0.3) is 0 Å². The average Bonchev–Trinajstić information content (AvgIpc) is 3.18. The number of amides is 3. The summed E-state index contributed by atoms with van der Waals surface area (Å²) in [5.41, 5.74) is 9.62. The molecule has 1 aliphatic rings. The van der Waals surface area contributed by atoms with E-state index in [1.807, 2.05) is 45.0 Å². The van der Waals surface area contributed by atoms with Gasteiger partial charge in [-0.2, -0.15) is 0 Å². The third-order valence-electron chi connectivity index (χ3n) is 5.42. The van der Waals surface area contributed by atoms with Crippen molar-refractivity contribution in [2.75, 3.05) is 26.2 Å². The standard InChI is InChI=1S/C23H28N4O3/c1-15-4-7-18(8-5-15)22(29)26-12-13-27(21(26)20(28)25-11-10-24)23(30)19-9-6-16(2)17(3)14-19/h4-9,14,21H,10-13,24H2,1-3H3,(H,25,28). The highest BCUT2D eigenvalue weighted by Gasteiger charge is 2.43. The van der Waals surface area contributed by atoms with Gasteiger partial charge in [-0.05, 0) is 56.2 Å². The van der Waals surface area contributed by atoms with Crippen LogP contribution in [-0.4, -0.2) is 59.9 Å². The minimum Gasteiger partial charge on any atom is -0.351 e. The normalized spacial score (nSPS) is 15.9. The van der Waals surface area contributed by atoms with Gasteiger partial charge in [-0.25, -0.2) is 0 Å². The molecule has 0 aromatic heterocycles. The molecular weight excluding hydrogens is 380 g/mol. The van der Waals surface area contributed by atoms with Crippen LogP contribution < -0.4 is 11.1 Å². The molecule has 1 atom stereocenters. The van der Waals surface area contributed by atoms with E-state index in [-0.39, 0.29) is 38.0 Å². The van der Waals surface area contributed by atoms with Crippen molar-refractivity contribution in [3.05, 3.63) is 70.3 Å². The highest BCUT2D eigenvalue weighted by Crippen LogP contribution is 2.22. The van der Waals surface area contributed by atoms with E-state index < -0.39 is 12.1 Å². The zero-order valence-electron chi connectivity index (χ0n) is 17.6. The van der Waals surface area contributed by atoms with Crippen molar-refractivity contribution >= 4 is 17.7 Å². The predicted octanol–water partition coefficient (Wildman–Crippen LogP) is 1.61. The van der Waals surface area contributed by atoms with E-state index >= 15 is 0 Å². The Balaban J connectivity index is 1.91. The Hall–Kier alpha value is -3.19. The second-order valence-corrected chi connectivity index (χ2v) is 7.62. The number of rotatable bonds is 5. The molecule has 1 unspecified atom stereocenters. The molecule has 3 N–H and O–H groups in total. The van der Waals surface area contributed by atoms with Gasteiger partial charge in [-0.3, -0.25) is 14.4 Å². The molecule has 2 aromatic rings. The molecule has 1 saturated heterocycles. The first-order chi connectivity index (χ1) is 14.3. The van der Waals surface area contributed by atoms with Gasteiger partial charge in [0, 0.05) is 37.3 Å². The first-order valence-electron chi connectivity index (χ1n) is 10.1. The number of hydrogen-bond donors (Lipinski definition) is 2. The summed E-state index contributed by atoms with van der Waals surface area (Å²) in [7, 11) is 0. The van der Waals surface area contributed by atoms with Gasteiger partial charge in [0.05, 0.1) is 0 Å². The van der Waals surface area contributed by atoms with Crippen LogP contribution in [-0.2, 0) is 4.79 Å². The Morgan fingerprint density at radius 3 is 2.03 bits per heavy atom. The quantitative estimate of drug-likeness (QED) is 0.786. The Bertz CT molecular complexity index is 955. The fourth-order valence-electron chi connectivity index (χ4n) is 3.53. The number of carbonyl (C=O) groups is 3. The van der Waals surface area contributed by atoms with Crippen molar-refractivity contribution in [2.24, 2.45) is 5.73 Å². The van der Waals surface area contributed by atoms with Crippen LogP contribution in [0.2, 0.25) is 0 Å². The fourth-order valence-corrected chi connectivity index (χ4v) is 3.53. The van der Waals surface area contributed by atoms with Crippen molar-refractivity contribution in [3.63, 3.8) is 0 Å². The van der Waals surface area contributed by atoms with E-state index in [4.69, 9.17) is 5.73 Å². The molecule has 7 nitrogen and oxygen atoms in total. The largest absolute Gasteiger partial charge is 0.351 e. The topological polar surface area (TPSA) is 95.7 Å². The average molecular weight is 409 g/mol. The number of nitrogens with zero attached hydrogens (tertiary/aromatic N) is 2. The summed E-state index contributed by atoms with van der Waals surface area (Å²) in [6.45, 7) is 6.97. The Labute approximate surface area is 176 Å². The minimum atomic E-state index is -1.01. The van der Waals surface area contributed by atoms with Crippen LogP contribution in [0.5, 0.6) is 0 Å². The monoisotopic (exact) mass is 408 g/mol. The van der Waals surface area contributed by atoms with Crippen molar-refractivity contribution in [3.8, 4) is 0 Å². The summed E-state index contributed by atoms with van der Waals surface area (Å²) < 4.78 is 0. The zero-order valence-corrected chi connectivity index (χ0v) is 17.6. The van der Waals surface area contributed by atoms with E-state index in [1.165, 1.54) is 9.80 Å². The maximum absolute atomic E-state index is 13.2. The molecule has 1 aliphatic heterocycles. The lowest BCUT2D eigenvalue weighted by Gasteiger charge is -2.29. The van der Waals surface area contributed by atoms with E-state index in [2.05, 4.69) is 5.32 Å². The molecular formula is C23H28N4O3. The molecule has 3 amide bonds. The maximum atomic E-state index is 13.2. The number of benzene rings is 2. The summed E-state index contributed by atoms with van der Waals surface area (Å²) in [4.78, 5) is 42.2. The summed E-state index contributed by atoms with van der Waals surface area (Å²) >= 11 is 0. The molecule has 0 saturated carbocycles. The van der Waals surface area contributed by atoms with Gasteiger partial charge in [-0.1, -0.05) is 23.8 Å².